The predicted molar refractivity (Wildman–Crippen MR) is 95.3 cm³/mol. The van der Waals surface area contributed by atoms with Gasteiger partial charge in [0, 0.05) is 11.3 Å². The maximum Gasteiger partial charge on any atom is 0.308 e. The predicted octanol–water partition coefficient (Wildman–Crippen LogP) is 3.69. The van der Waals surface area contributed by atoms with E-state index in [1.165, 1.54) is 6.07 Å². The standard InChI is InChI=1S/C19H21FN4O3/c1-11-5-6-15(10-16(11)20)18-21-19(27-23-18)14(4)26-17(25)7-8-24-13(3)9-12(2)22-24/h5-6,9-10,14H,7-8H2,1-4H3. The van der Waals surface area contributed by atoms with Gasteiger partial charge in [-0.3, -0.25) is 9.48 Å². The van der Waals surface area contributed by atoms with Crippen molar-refractivity contribution in [1.82, 2.24) is 19.9 Å². The van der Waals surface area contributed by atoms with Crippen LogP contribution in [0, 0.1) is 26.6 Å². The Morgan fingerprint density at radius 2 is 2.07 bits per heavy atom. The summed E-state index contributed by atoms with van der Waals surface area (Å²) >= 11 is 0. The van der Waals surface area contributed by atoms with E-state index in [0.717, 1.165) is 11.4 Å². The number of rotatable bonds is 6. The third kappa shape index (κ3) is 4.39. The maximum atomic E-state index is 13.7. The van der Waals surface area contributed by atoms with Crippen molar-refractivity contribution in [3.05, 3.63) is 52.9 Å². The van der Waals surface area contributed by atoms with Gasteiger partial charge in [-0.05, 0) is 45.4 Å². The average molecular weight is 372 g/mol. The van der Waals surface area contributed by atoms with Crippen LogP contribution in [0.5, 0.6) is 0 Å². The van der Waals surface area contributed by atoms with E-state index in [1.54, 1.807) is 30.7 Å². The molecule has 0 aliphatic carbocycles. The van der Waals surface area contributed by atoms with Gasteiger partial charge in [-0.1, -0.05) is 17.3 Å². The molecule has 1 atom stereocenters. The van der Waals surface area contributed by atoms with Crippen LogP contribution in [0.4, 0.5) is 4.39 Å². The summed E-state index contributed by atoms with van der Waals surface area (Å²) in [5.41, 5.74) is 2.92. The molecule has 1 aromatic carbocycles. The molecule has 0 saturated heterocycles. The van der Waals surface area contributed by atoms with Gasteiger partial charge in [0.15, 0.2) is 6.10 Å². The zero-order chi connectivity index (χ0) is 19.6. The Hall–Kier alpha value is -3.03. The Bertz CT molecular complexity index is 964. The molecule has 3 aromatic rings. The number of hydrogen-bond donors (Lipinski definition) is 0. The first kappa shape index (κ1) is 18.8. The van der Waals surface area contributed by atoms with Gasteiger partial charge >= 0.3 is 5.97 Å². The number of carbonyl (C=O) groups excluding carboxylic acids is 1. The zero-order valence-corrected chi connectivity index (χ0v) is 15.7. The number of aromatic nitrogens is 4. The zero-order valence-electron chi connectivity index (χ0n) is 15.7. The van der Waals surface area contributed by atoms with Crippen LogP contribution < -0.4 is 0 Å². The lowest BCUT2D eigenvalue weighted by molar-refractivity contribution is -0.150. The first-order valence-electron chi connectivity index (χ1n) is 8.64. The fraction of sp³-hybridized carbons (Fsp3) is 0.368. The quantitative estimate of drug-likeness (QED) is 0.614. The highest BCUT2D eigenvalue weighted by atomic mass is 19.1. The van der Waals surface area contributed by atoms with Crippen molar-refractivity contribution in [1.29, 1.82) is 0 Å². The molecule has 0 bridgehead atoms. The number of halogens is 1. The van der Waals surface area contributed by atoms with E-state index in [1.807, 2.05) is 19.9 Å². The highest BCUT2D eigenvalue weighted by Crippen LogP contribution is 2.22. The lowest BCUT2D eigenvalue weighted by Crippen LogP contribution is -2.13. The van der Waals surface area contributed by atoms with Crippen molar-refractivity contribution in [3.63, 3.8) is 0 Å². The van der Waals surface area contributed by atoms with E-state index < -0.39 is 12.1 Å². The summed E-state index contributed by atoms with van der Waals surface area (Å²) in [6.07, 6.45) is -0.522. The van der Waals surface area contributed by atoms with Gasteiger partial charge in [-0.2, -0.15) is 10.1 Å². The summed E-state index contributed by atoms with van der Waals surface area (Å²) in [4.78, 5) is 16.3. The molecular weight excluding hydrogens is 351 g/mol. The van der Waals surface area contributed by atoms with E-state index >= 15 is 0 Å². The van der Waals surface area contributed by atoms with Crippen LogP contribution in [0.2, 0.25) is 0 Å². The molecule has 2 heterocycles. The minimum Gasteiger partial charge on any atom is -0.452 e. The summed E-state index contributed by atoms with van der Waals surface area (Å²) in [6, 6.07) is 6.64. The maximum absolute atomic E-state index is 13.7. The molecule has 3 rings (SSSR count). The largest absolute Gasteiger partial charge is 0.452 e. The summed E-state index contributed by atoms with van der Waals surface area (Å²) < 4.78 is 26.0. The Kier molecular flexibility index (Phi) is 5.34. The molecule has 7 nitrogen and oxygen atoms in total. The van der Waals surface area contributed by atoms with Crippen molar-refractivity contribution < 1.29 is 18.4 Å². The molecule has 142 valence electrons. The Morgan fingerprint density at radius 1 is 1.30 bits per heavy atom. The van der Waals surface area contributed by atoms with E-state index in [4.69, 9.17) is 9.26 Å². The molecule has 0 N–H and O–H groups in total. The second-order valence-electron chi connectivity index (χ2n) is 6.45. The number of nitrogens with zero attached hydrogens (tertiary/aromatic N) is 4. The van der Waals surface area contributed by atoms with Gasteiger partial charge in [0.05, 0.1) is 18.7 Å². The SMILES string of the molecule is Cc1cc(C)n(CCC(=O)OC(C)c2nc(-c3ccc(C)c(F)c3)no2)n1. The molecule has 8 heteroatoms. The summed E-state index contributed by atoms with van der Waals surface area (Å²) in [5, 5.41) is 8.14. The second kappa shape index (κ2) is 7.69. The summed E-state index contributed by atoms with van der Waals surface area (Å²) in [6.45, 7) is 7.59. The molecule has 0 spiro atoms. The first-order valence-corrected chi connectivity index (χ1v) is 8.64. The van der Waals surface area contributed by atoms with Gasteiger partial charge in [0.2, 0.25) is 5.82 Å². The number of ether oxygens (including phenoxy) is 1. The number of esters is 1. The van der Waals surface area contributed by atoms with Gasteiger partial charge in [0.25, 0.3) is 5.89 Å². The lowest BCUT2D eigenvalue weighted by Gasteiger charge is -2.09. The van der Waals surface area contributed by atoms with Crippen LogP contribution in [0.3, 0.4) is 0 Å². The highest BCUT2D eigenvalue weighted by molar-refractivity contribution is 5.69. The summed E-state index contributed by atoms with van der Waals surface area (Å²) in [5.74, 6) is -0.335. The molecule has 1 unspecified atom stereocenters. The number of aryl methyl sites for hydroxylation is 4. The van der Waals surface area contributed by atoms with E-state index in [-0.39, 0.29) is 24.0 Å². The fourth-order valence-corrected chi connectivity index (χ4v) is 2.65. The minimum atomic E-state index is -0.700. The van der Waals surface area contributed by atoms with Crippen LogP contribution >= 0.6 is 0 Å². The number of benzene rings is 1. The fourth-order valence-electron chi connectivity index (χ4n) is 2.65. The molecular formula is C19H21FN4O3. The second-order valence-corrected chi connectivity index (χ2v) is 6.45. The van der Waals surface area contributed by atoms with Crippen molar-refractivity contribution >= 4 is 5.97 Å². The van der Waals surface area contributed by atoms with Crippen molar-refractivity contribution in [2.45, 2.75) is 46.8 Å². The van der Waals surface area contributed by atoms with Crippen LogP contribution in [0.25, 0.3) is 11.4 Å². The van der Waals surface area contributed by atoms with Crippen LogP contribution in [-0.2, 0) is 16.1 Å². The van der Waals surface area contributed by atoms with Crippen molar-refractivity contribution in [2.75, 3.05) is 0 Å². The lowest BCUT2D eigenvalue weighted by atomic mass is 10.1. The molecule has 0 aliphatic heterocycles. The van der Waals surface area contributed by atoms with Gasteiger partial charge in [-0.25, -0.2) is 4.39 Å². The van der Waals surface area contributed by atoms with E-state index in [2.05, 4.69) is 15.2 Å². The molecule has 2 aromatic heterocycles. The monoisotopic (exact) mass is 372 g/mol. The molecule has 0 fully saturated rings. The number of hydrogen-bond acceptors (Lipinski definition) is 6. The first-order chi connectivity index (χ1) is 12.8. The van der Waals surface area contributed by atoms with Gasteiger partial charge in [0.1, 0.15) is 5.82 Å². The topological polar surface area (TPSA) is 83.0 Å². The van der Waals surface area contributed by atoms with Gasteiger partial charge in [-0.15, -0.1) is 0 Å². The Balaban J connectivity index is 1.60. The normalized spacial score (nSPS) is 12.2. The number of carbonyl (C=O) groups is 1. The molecule has 0 amide bonds. The average Bonchev–Trinajstić information content (AvgIpc) is 3.22. The van der Waals surface area contributed by atoms with Crippen molar-refractivity contribution in [2.24, 2.45) is 0 Å². The molecule has 0 saturated carbocycles. The van der Waals surface area contributed by atoms with Gasteiger partial charge < -0.3 is 9.26 Å². The Labute approximate surface area is 156 Å². The minimum absolute atomic E-state index is 0.158. The van der Waals surface area contributed by atoms with Crippen LogP contribution in [-0.4, -0.2) is 25.9 Å². The van der Waals surface area contributed by atoms with E-state index in [9.17, 15) is 9.18 Å². The third-order valence-corrected chi connectivity index (χ3v) is 4.16. The third-order valence-electron chi connectivity index (χ3n) is 4.16. The van der Waals surface area contributed by atoms with E-state index in [0.29, 0.717) is 17.7 Å². The van der Waals surface area contributed by atoms with Crippen LogP contribution in [0.15, 0.2) is 28.8 Å². The highest BCUT2D eigenvalue weighted by Gasteiger charge is 2.20. The molecule has 27 heavy (non-hydrogen) atoms. The smallest absolute Gasteiger partial charge is 0.308 e. The van der Waals surface area contributed by atoms with Crippen LogP contribution in [0.1, 0.15) is 42.3 Å². The Morgan fingerprint density at radius 3 is 2.74 bits per heavy atom. The summed E-state index contributed by atoms with van der Waals surface area (Å²) in [7, 11) is 0. The molecule has 0 aliphatic rings. The van der Waals surface area contributed by atoms with Crippen molar-refractivity contribution in [3.8, 4) is 11.4 Å². The molecule has 0 radical (unpaired) electrons.